The molecule has 0 radical (unpaired) electrons. The lowest BCUT2D eigenvalue weighted by molar-refractivity contribution is -0.140. The first kappa shape index (κ1) is 16.4. The fourth-order valence-corrected chi connectivity index (χ4v) is 4.06. The largest absolute Gasteiger partial charge is 0.485 e. The molecule has 2 fully saturated rings. The molecule has 1 aromatic carbocycles. The molecule has 6 nitrogen and oxygen atoms in total. The lowest BCUT2D eigenvalue weighted by Gasteiger charge is -2.39. The van der Waals surface area contributed by atoms with Crippen LogP contribution in [0.4, 0.5) is 0 Å². The molecule has 0 aliphatic carbocycles. The number of rotatable bonds is 1. The van der Waals surface area contributed by atoms with E-state index >= 15 is 0 Å². The Morgan fingerprint density at radius 2 is 2.00 bits per heavy atom. The summed E-state index contributed by atoms with van der Waals surface area (Å²) in [6, 6.07) is 7.93. The summed E-state index contributed by atoms with van der Waals surface area (Å²) >= 11 is 0. The Labute approximate surface area is 147 Å². The van der Waals surface area contributed by atoms with E-state index < -0.39 is 5.60 Å². The van der Waals surface area contributed by atoms with Crippen molar-refractivity contribution in [2.24, 2.45) is 5.92 Å². The van der Waals surface area contributed by atoms with Gasteiger partial charge < -0.3 is 19.3 Å². The fourth-order valence-electron chi connectivity index (χ4n) is 4.06. The van der Waals surface area contributed by atoms with E-state index in [1.807, 2.05) is 29.2 Å². The first-order valence-electron chi connectivity index (χ1n) is 8.94. The third-order valence-electron chi connectivity index (χ3n) is 5.55. The van der Waals surface area contributed by atoms with Crippen LogP contribution in [0.5, 0.6) is 5.75 Å². The summed E-state index contributed by atoms with van der Waals surface area (Å²) in [4.78, 5) is 28.5. The molecule has 1 atom stereocenters. The summed E-state index contributed by atoms with van der Waals surface area (Å²) < 4.78 is 11.9. The molecule has 3 aliphatic heterocycles. The molecule has 3 aliphatic rings. The van der Waals surface area contributed by atoms with Gasteiger partial charge in [-0.25, -0.2) is 0 Å². The van der Waals surface area contributed by atoms with Gasteiger partial charge in [0.1, 0.15) is 11.4 Å². The molecule has 25 heavy (non-hydrogen) atoms. The molecular formula is C19H24N2O4. The van der Waals surface area contributed by atoms with Crippen LogP contribution in [0.1, 0.15) is 24.8 Å². The molecule has 2 amide bonds. The summed E-state index contributed by atoms with van der Waals surface area (Å²) in [5.74, 6) is 0.716. The van der Waals surface area contributed by atoms with Crippen molar-refractivity contribution in [1.29, 1.82) is 0 Å². The summed E-state index contributed by atoms with van der Waals surface area (Å²) in [5, 5.41) is 0. The van der Waals surface area contributed by atoms with Crippen LogP contribution in [-0.4, -0.2) is 60.6 Å². The monoisotopic (exact) mass is 344 g/mol. The maximum atomic E-state index is 13.1. The average molecular weight is 344 g/mol. The SMILES string of the molecule is CN1C[C@H](C(=O)N2Cc3ccccc3OC3(CCOCC3)C2)CC1=O. The number of fused-ring (bicyclic) bond motifs is 1. The molecule has 2 saturated heterocycles. The van der Waals surface area contributed by atoms with Gasteiger partial charge in [0.25, 0.3) is 0 Å². The number of hydrogen-bond donors (Lipinski definition) is 0. The molecule has 0 bridgehead atoms. The van der Waals surface area contributed by atoms with Crippen LogP contribution in [0.3, 0.4) is 0 Å². The Morgan fingerprint density at radius 1 is 1.24 bits per heavy atom. The molecule has 134 valence electrons. The molecular weight excluding hydrogens is 320 g/mol. The highest BCUT2D eigenvalue weighted by molar-refractivity contribution is 5.89. The van der Waals surface area contributed by atoms with Crippen molar-refractivity contribution in [3.8, 4) is 5.75 Å². The molecule has 1 spiro atoms. The first-order valence-corrected chi connectivity index (χ1v) is 8.94. The number of carbonyl (C=O) groups is 2. The van der Waals surface area contributed by atoms with Crippen molar-refractivity contribution in [1.82, 2.24) is 9.80 Å². The van der Waals surface area contributed by atoms with E-state index in [1.54, 1.807) is 11.9 Å². The minimum Gasteiger partial charge on any atom is -0.485 e. The van der Waals surface area contributed by atoms with Crippen LogP contribution in [0, 0.1) is 5.92 Å². The number of nitrogens with zero attached hydrogens (tertiary/aromatic N) is 2. The third kappa shape index (κ3) is 3.11. The second-order valence-corrected chi connectivity index (χ2v) is 7.37. The van der Waals surface area contributed by atoms with Crippen molar-refractivity contribution in [3.63, 3.8) is 0 Å². The van der Waals surface area contributed by atoms with E-state index in [0.29, 0.717) is 39.3 Å². The van der Waals surface area contributed by atoms with E-state index in [-0.39, 0.29) is 17.7 Å². The van der Waals surface area contributed by atoms with Crippen LogP contribution in [0.15, 0.2) is 24.3 Å². The van der Waals surface area contributed by atoms with Gasteiger partial charge in [0, 0.05) is 45.0 Å². The normalized spacial score (nSPS) is 25.5. The van der Waals surface area contributed by atoms with Crippen molar-refractivity contribution in [3.05, 3.63) is 29.8 Å². The van der Waals surface area contributed by atoms with Gasteiger partial charge in [-0.15, -0.1) is 0 Å². The summed E-state index contributed by atoms with van der Waals surface area (Å²) in [7, 11) is 1.76. The van der Waals surface area contributed by atoms with Crippen LogP contribution in [-0.2, 0) is 20.9 Å². The van der Waals surface area contributed by atoms with Gasteiger partial charge in [0.05, 0.1) is 25.7 Å². The van der Waals surface area contributed by atoms with E-state index in [1.165, 1.54) is 0 Å². The van der Waals surface area contributed by atoms with Gasteiger partial charge in [-0.3, -0.25) is 9.59 Å². The average Bonchev–Trinajstić information content (AvgIpc) is 2.86. The van der Waals surface area contributed by atoms with E-state index in [0.717, 1.165) is 24.2 Å². The van der Waals surface area contributed by atoms with E-state index in [4.69, 9.17) is 9.47 Å². The predicted octanol–water partition coefficient (Wildman–Crippen LogP) is 1.44. The second-order valence-electron chi connectivity index (χ2n) is 7.37. The molecule has 6 heteroatoms. The fraction of sp³-hybridized carbons (Fsp3) is 0.579. The zero-order valence-electron chi connectivity index (χ0n) is 14.6. The minimum absolute atomic E-state index is 0.0469. The van der Waals surface area contributed by atoms with Gasteiger partial charge in [-0.1, -0.05) is 18.2 Å². The summed E-state index contributed by atoms with van der Waals surface area (Å²) in [6.07, 6.45) is 1.85. The number of para-hydroxylation sites is 1. The number of amides is 2. The van der Waals surface area contributed by atoms with Crippen LogP contribution in [0.2, 0.25) is 0 Å². The van der Waals surface area contributed by atoms with Crippen LogP contribution < -0.4 is 4.74 Å². The Kier molecular flexibility index (Phi) is 4.15. The molecule has 0 aromatic heterocycles. The van der Waals surface area contributed by atoms with E-state index in [9.17, 15) is 9.59 Å². The topological polar surface area (TPSA) is 59.1 Å². The summed E-state index contributed by atoms with van der Waals surface area (Å²) in [6.45, 7) is 2.89. The van der Waals surface area contributed by atoms with Gasteiger partial charge in [0.15, 0.2) is 0 Å². The van der Waals surface area contributed by atoms with Crippen LogP contribution >= 0.6 is 0 Å². The quantitative estimate of drug-likeness (QED) is 0.773. The Balaban J connectivity index is 1.63. The Bertz CT molecular complexity index is 684. The molecule has 1 aromatic rings. The molecule has 0 saturated carbocycles. The lowest BCUT2D eigenvalue weighted by Crippen LogP contribution is -2.52. The molecule has 3 heterocycles. The maximum absolute atomic E-state index is 13.1. The van der Waals surface area contributed by atoms with Crippen molar-refractivity contribution in [2.45, 2.75) is 31.4 Å². The van der Waals surface area contributed by atoms with Gasteiger partial charge in [-0.05, 0) is 6.07 Å². The second kappa shape index (κ2) is 6.33. The van der Waals surface area contributed by atoms with Gasteiger partial charge >= 0.3 is 0 Å². The van der Waals surface area contributed by atoms with Crippen molar-refractivity contribution >= 4 is 11.8 Å². The standard InChI is InChI=1S/C19H24N2O4/c1-20-11-15(10-17(20)22)18(23)21-12-14-4-2-3-5-16(14)25-19(13-21)6-8-24-9-7-19/h2-5,15H,6-13H2,1H3/t15-/m1/s1. The highest BCUT2D eigenvalue weighted by Crippen LogP contribution is 2.36. The number of hydrogen-bond acceptors (Lipinski definition) is 4. The predicted molar refractivity (Wildman–Crippen MR) is 91.0 cm³/mol. The highest BCUT2D eigenvalue weighted by atomic mass is 16.5. The third-order valence-corrected chi connectivity index (χ3v) is 5.55. The Hall–Kier alpha value is -2.08. The van der Waals surface area contributed by atoms with Gasteiger partial charge in [0.2, 0.25) is 11.8 Å². The zero-order valence-corrected chi connectivity index (χ0v) is 14.6. The molecule has 4 rings (SSSR count). The first-order chi connectivity index (χ1) is 12.1. The number of likely N-dealkylation sites (tertiary alicyclic amines) is 1. The Morgan fingerprint density at radius 3 is 2.72 bits per heavy atom. The van der Waals surface area contributed by atoms with Crippen molar-refractivity contribution in [2.75, 3.05) is 33.4 Å². The van der Waals surface area contributed by atoms with Crippen molar-refractivity contribution < 1.29 is 19.1 Å². The smallest absolute Gasteiger partial charge is 0.228 e. The number of ether oxygens (including phenoxy) is 2. The highest BCUT2D eigenvalue weighted by Gasteiger charge is 2.43. The van der Waals surface area contributed by atoms with Crippen LogP contribution in [0.25, 0.3) is 0 Å². The molecule has 0 N–H and O–H groups in total. The van der Waals surface area contributed by atoms with E-state index in [2.05, 4.69) is 0 Å². The number of benzene rings is 1. The van der Waals surface area contributed by atoms with Gasteiger partial charge in [-0.2, -0.15) is 0 Å². The zero-order chi connectivity index (χ0) is 17.4. The summed E-state index contributed by atoms with van der Waals surface area (Å²) in [5.41, 5.74) is 0.631. The lowest BCUT2D eigenvalue weighted by atomic mass is 9.92. The maximum Gasteiger partial charge on any atom is 0.228 e. The molecule has 0 unspecified atom stereocenters. The number of carbonyl (C=O) groups excluding carboxylic acids is 2. The minimum atomic E-state index is -0.394.